The number of hydrogen-bond acceptors (Lipinski definition) is 4. The summed E-state index contributed by atoms with van der Waals surface area (Å²) < 4.78 is 0. The lowest BCUT2D eigenvalue weighted by atomic mass is 9.82. The Balaban J connectivity index is 0.00000171. The van der Waals surface area contributed by atoms with E-state index in [2.05, 4.69) is 22.4 Å². The third-order valence-corrected chi connectivity index (χ3v) is 7.41. The van der Waals surface area contributed by atoms with E-state index in [0.29, 0.717) is 5.92 Å². The Kier molecular flexibility index (Phi) is 9.76. The second kappa shape index (κ2) is 12.5. The molecule has 0 fully saturated rings. The highest BCUT2D eigenvalue weighted by Crippen LogP contribution is 2.33. The maximum atomic E-state index is 11.5. The van der Waals surface area contributed by atoms with Gasteiger partial charge in [0.15, 0.2) is 0 Å². The van der Waals surface area contributed by atoms with E-state index < -0.39 is 5.97 Å². The smallest absolute Gasteiger partial charge is 0.303 e. The molecule has 1 aromatic carbocycles. The fourth-order valence-corrected chi connectivity index (χ4v) is 5.58. The largest absolute Gasteiger partial charge is 0.481 e. The van der Waals surface area contributed by atoms with Crippen LogP contribution in [0.1, 0.15) is 73.2 Å². The minimum Gasteiger partial charge on any atom is -0.481 e. The molecule has 2 unspecified atom stereocenters. The zero-order valence-corrected chi connectivity index (χ0v) is 21.7. The summed E-state index contributed by atoms with van der Waals surface area (Å²) in [5, 5.41) is 14.0. The van der Waals surface area contributed by atoms with Crippen molar-refractivity contribution >= 4 is 47.5 Å². The number of para-hydroxylation sites is 1. The summed E-state index contributed by atoms with van der Waals surface area (Å²) >= 11 is 0. The summed E-state index contributed by atoms with van der Waals surface area (Å²) in [7, 11) is 0. The molecular weight excluding hydrogens is 481 g/mol. The highest BCUT2D eigenvalue weighted by molar-refractivity contribution is 5.85. The molecule has 0 radical (unpaired) electrons. The van der Waals surface area contributed by atoms with Gasteiger partial charge in [0.2, 0.25) is 0 Å². The van der Waals surface area contributed by atoms with Gasteiger partial charge in [0, 0.05) is 23.8 Å². The van der Waals surface area contributed by atoms with E-state index in [1.807, 2.05) is 30.5 Å². The number of carboxylic acid groups (broad SMARTS) is 1. The minimum absolute atomic E-state index is 0. The molecule has 0 saturated carbocycles. The number of carboxylic acids is 1. The summed E-state index contributed by atoms with van der Waals surface area (Å²) in [6.07, 6.45) is 12.1. The second-order valence-electron chi connectivity index (χ2n) is 9.78. The molecule has 2 atom stereocenters. The van der Waals surface area contributed by atoms with Crippen molar-refractivity contribution in [2.45, 2.75) is 70.1 Å². The molecule has 2 aromatic heterocycles. The predicted octanol–water partition coefficient (Wildman–Crippen LogP) is 6.76. The Labute approximate surface area is 220 Å². The van der Waals surface area contributed by atoms with Crippen LogP contribution in [0.25, 0.3) is 10.9 Å². The van der Waals surface area contributed by atoms with Crippen molar-refractivity contribution in [2.24, 2.45) is 5.92 Å². The summed E-state index contributed by atoms with van der Waals surface area (Å²) in [5.74, 6) is 1.08. The number of aromatic nitrogens is 2. The van der Waals surface area contributed by atoms with E-state index in [4.69, 9.17) is 4.98 Å². The molecule has 2 aliphatic rings. The van der Waals surface area contributed by atoms with Gasteiger partial charge in [-0.15, -0.1) is 24.8 Å². The van der Waals surface area contributed by atoms with Gasteiger partial charge in [0.1, 0.15) is 5.82 Å². The Bertz CT molecular complexity index is 1150. The standard InChI is InChI=1S/C28H33N3O2.2ClH/c32-27(33)17-20(24-16-21-8-3-4-10-25(21)30-18-24)7-2-1-6-19-11-12-22-15-23-9-5-13-29-28(23)31-26(22)14-19;;/h3-4,8,10,15-16,18-20H,1-2,5-7,9,11-14,17H2,(H,29,31)(H,32,33);2*1H. The van der Waals surface area contributed by atoms with Gasteiger partial charge in [-0.3, -0.25) is 9.78 Å². The number of benzene rings is 1. The number of hydrogen-bond donors (Lipinski definition) is 2. The molecular formula is C28H35Cl2N3O2. The van der Waals surface area contributed by atoms with Gasteiger partial charge < -0.3 is 10.4 Å². The van der Waals surface area contributed by atoms with E-state index in [1.54, 1.807) is 0 Å². The molecule has 5 nitrogen and oxygen atoms in total. The van der Waals surface area contributed by atoms with Gasteiger partial charge >= 0.3 is 5.97 Å². The van der Waals surface area contributed by atoms with Gasteiger partial charge in [-0.25, -0.2) is 4.98 Å². The molecule has 2 N–H and O–H groups in total. The zero-order valence-electron chi connectivity index (χ0n) is 20.0. The fourth-order valence-electron chi connectivity index (χ4n) is 5.58. The van der Waals surface area contributed by atoms with E-state index >= 15 is 0 Å². The zero-order chi connectivity index (χ0) is 22.6. The molecule has 3 aromatic rings. The first-order valence-electron chi connectivity index (χ1n) is 12.5. The number of anilines is 1. The van der Waals surface area contributed by atoms with Crippen molar-refractivity contribution in [1.82, 2.24) is 9.97 Å². The number of aryl methyl sites for hydroxylation is 2. The van der Waals surface area contributed by atoms with Crippen LogP contribution in [-0.4, -0.2) is 27.6 Å². The highest BCUT2D eigenvalue weighted by atomic mass is 35.5. The lowest BCUT2D eigenvalue weighted by Crippen LogP contribution is -2.20. The van der Waals surface area contributed by atoms with Crippen LogP contribution in [0.15, 0.2) is 42.6 Å². The maximum absolute atomic E-state index is 11.5. The lowest BCUT2D eigenvalue weighted by Gasteiger charge is -2.27. The molecule has 35 heavy (non-hydrogen) atoms. The number of nitrogens with zero attached hydrogens (tertiary/aromatic N) is 2. The van der Waals surface area contributed by atoms with Gasteiger partial charge in [-0.1, -0.05) is 43.5 Å². The number of pyridine rings is 2. The summed E-state index contributed by atoms with van der Waals surface area (Å²) in [5.41, 5.74) is 6.15. The molecule has 0 spiro atoms. The number of aliphatic carboxylic acids is 1. The van der Waals surface area contributed by atoms with Gasteiger partial charge in [-0.05, 0) is 79.2 Å². The second-order valence-corrected chi connectivity index (χ2v) is 9.78. The minimum atomic E-state index is -0.736. The van der Waals surface area contributed by atoms with Crippen LogP contribution in [0.2, 0.25) is 0 Å². The predicted molar refractivity (Wildman–Crippen MR) is 146 cm³/mol. The molecule has 0 amide bonds. The average Bonchev–Trinajstić information content (AvgIpc) is 2.84. The van der Waals surface area contributed by atoms with Crippen LogP contribution in [0.4, 0.5) is 5.82 Å². The molecule has 188 valence electrons. The van der Waals surface area contributed by atoms with Gasteiger partial charge in [0.05, 0.1) is 11.9 Å². The summed E-state index contributed by atoms with van der Waals surface area (Å²) in [6.45, 7) is 1.03. The van der Waals surface area contributed by atoms with E-state index in [9.17, 15) is 9.90 Å². The summed E-state index contributed by atoms with van der Waals surface area (Å²) in [4.78, 5) is 21.0. The van der Waals surface area contributed by atoms with Crippen LogP contribution in [0, 0.1) is 5.92 Å². The van der Waals surface area contributed by atoms with Crippen LogP contribution in [0.3, 0.4) is 0 Å². The number of rotatable bonds is 8. The molecule has 5 rings (SSSR count). The van der Waals surface area contributed by atoms with Crippen molar-refractivity contribution < 1.29 is 9.90 Å². The van der Waals surface area contributed by atoms with Crippen molar-refractivity contribution in [3.8, 4) is 0 Å². The third-order valence-electron chi connectivity index (χ3n) is 7.41. The molecule has 7 heteroatoms. The van der Waals surface area contributed by atoms with Crippen molar-refractivity contribution in [1.29, 1.82) is 0 Å². The van der Waals surface area contributed by atoms with Crippen molar-refractivity contribution in [3.05, 3.63) is 65.0 Å². The fraction of sp³-hybridized carbons (Fsp3) is 0.464. The van der Waals surface area contributed by atoms with Crippen LogP contribution in [-0.2, 0) is 24.1 Å². The summed E-state index contributed by atoms with van der Waals surface area (Å²) in [6, 6.07) is 12.5. The van der Waals surface area contributed by atoms with E-state index in [0.717, 1.165) is 67.4 Å². The van der Waals surface area contributed by atoms with Crippen molar-refractivity contribution in [3.63, 3.8) is 0 Å². The maximum Gasteiger partial charge on any atom is 0.303 e. The normalized spacial score (nSPS) is 17.2. The van der Waals surface area contributed by atoms with Gasteiger partial charge in [0.25, 0.3) is 0 Å². The van der Waals surface area contributed by atoms with Crippen LogP contribution >= 0.6 is 24.8 Å². The quantitative estimate of drug-likeness (QED) is 0.324. The van der Waals surface area contributed by atoms with E-state index in [-0.39, 0.29) is 37.2 Å². The highest BCUT2D eigenvalue weighted by Gasteiger charge is 2.23. The van der Waals surface area contributed by atoms with E-state index in [1.165, 1.54) is 36.1 Å². The Morgan fingerprint density at radius 2 is 1.97 bits per heavy atom. The molecule has 0 bridgehead atoms. The lowest BCUT2D eigenvalue weighted by molar-refractivity contribution is -0.137. The number of halogens is 2. The molecule has 1 aliphatic carbocycles. The van der Waals surface area contributed by atoms with Crippen LogP contribution in [0.5, 0.6) is 0 Å². The Hall–Kier alpha value is -2.37. The topological polar surface area (TPSA) is 75.1 Å². The monoisotopic (exact) mass is 515 g/mol. The number of carbonyl (C=O) groups is 1. The third kappa shape index (κ3) is 6.65. The Morgan fingerprint density at radius 1 is 1.11 bits per heavy atom. The number of fused-ring (bicyclic) bond motifs is 3. The average molecular weight is 517 g/mol. The first kappa shape index (κ1) is 27.2. The van der Waals surface area contributed by atoms with Crippen molar-refractivity contribution in [2.75, 3.05) is 11.9 Å². The molecule has 1 aliphatic heterocycles. The SMILES string of the molecule is Cl.Cl.O=C(O)CC(CCCCC1CCc2cc3c(nc2C1)NCCC3)c1cnc2ccccc2c1. The first-order chi connectivity index (χ1) is 16.2. The number of unbranched alkanes of at least 4 members (excludes halogenated alkanes) is 1. The first-order valence-corrected chi connectivity index (χ1v) is 12.5. The number of nitrogens with one attached hydrogen (secondary N) is 1. The Morgan fingerprint density at radius 3 is 2.83 bits per heavy atom. The van der Waals surface area contributed by atoms with Gasteiger partial charge in [-0.2, -0.15) is 0 Å². The molecule has 3 heterocycles. The molecule has 0 saturated heterocycles. The van der Waals surface area contributed by atoms with Crippen LogP contribution < -0.4 is 5.32 Å².